The first-order valence-electron chi connectivity index (χ1n) is 9.51. The summed E-state index contributed by atoms with van der Waals surface area (Å²) >= 11 is 0. The van der Waals surface area contributed by atoms with Crippen LogP contribution in [0.5, 0.6) is 5.75 Å². The summed E-state index contributed by atoms with van der Waals surface area (Å²) in [7, 11) is 1.61. The number of ether oxygens (including phenoxy) is 2. The van der Waals surface area contributed by atoms with Crippen molar-refractivity contribution in [1.82, 2.24) is 20.2 Å². The minimum atomic E-state index is -0.306. The zero-order valence-corrected chi connectivity index (χ0v) is 16.6. The molecule has 0 bridgehead atoms. The third-order valence-electron chi connectivity index (χ3n) is 4.58. The molecule has 1 fully saturated rings. The molecule has 9 heteroatoms. The van der Waals surface area contributed by atoms with Gasteiger partial charge in [-0.15, -0.1) is 0 Å². The number of hydrogen-bond donors (Lipinski definition) is 1. The monoisotopic (exact) mass is 399 g/mol. The molecule has 2 heterocycles. The average Bonchev–Trinajstić information content (AvgIpc) is 2.78. The number of nitrogens with zero attached hydrogens (tertiary/aromatic N) is 4. The number of hydrogen-bond acceptors (Lipinski definition) is 7. The minimum Gasteiger partial charge on any atom is -0.497 e. The molecular formula is C20H25N5O4. The Bertz CT molecular complexity index is 835. The number of rotatable bonds is 6. The number of nitrogens with one attached hydrogen (secondary N) is 1. The molecule has 1 aliphatic rings. The maximum atomic E-state index is 12.5. The molecule has 3 rings (SSSR count). The van der Waals surface area contributed by atoms with Gasteiger partial charge < -0.3 is 24.6 Å². The second-order valence-corrected chi connectivity index (χ2v) is 6.45. The van der Waals surface area contributed by atoms with Crippen LogP contribution in [0.2, 0.25) is 0 Å². The SMILES string of the molecule is CCOC(=O)N1CCN(c2nccc(C(=O)NCc3ccc(OC)cc3)n2)CC1. The molecule has 0 radical (unpaired) electrons. The molecule has 1 aromatic carbocycles. The number of anilines is 1. The van der Waals surface area contributed by atoms with E-state index in [0.717, 1.165) is 11.3 Å². The van der Waals surface area contributed by atoms with Crippen molar-refractivity contribution in [3.63, 3.8) is 0 Å². The Morgan fingerprint density at radius 1 is 1.10 bits per heavy atom. The summed E-state index contributed by atoms with van der Waals surface area (Å²) in [4.78, 5) is 36.6. The molecule has 0 aliphatic carbocycles. The van der Waals surface area contributed by atoms with Crippen molar-refractivity contribution >= 4 is 17.9 Å². The molecule has 1 saturated heterocycles. The predicted octanol–water partition coefficient (Wildman–Crippen LogP) is 1.69. The molecule has 0 unspecified atom stereocenters. The van der Waals surface area contributed by atoms with Crippen LogP contribution in [0.4, 0.5) is 10.7 Å². The standard InChI is InChI=1S/C20H25N5O4/c1-3-29-20(27)25-12-10-24(11-13-25)19-21-9-8-17(23-19)18(26)22-14-15-4-6-16(28-2)7-5-15/h4-9H,3,10-14H2,1-2H3,(H,22,26). The van der Waals surface area contributed by atoms with E-state index < -0.39 is 0 Å². The summed E-state index contributed by atoms with van der Waals surface area (Å²) in [6.07, 6.45) is 1.27. The molecular weight excluding hydrogens is 374 g/mol. The zero-order valence-electron chi connectivity index (χ0n) is 16.6. The lowest BCUT2D eigenvalue weighted by Crippen LogP contribution is -2.49. The summed E-state index contributed by atoms with van der Waals surface area (Å²) < 4.78 is 10.2. The van der Waals surface area contributed by atoms with Crippen LogP contribution in [-0.4, -0.2) is 66.8 Å². The summed E-state index contributed by atoms with van der Waals surface area (Å²) in [5, 5.41) is 2.86. The molecule has 154 valence electrons. The van der Waals surface area contributed by atoms with Crippen molar-refractivity contribution in [1.29, 1.82) is 0 Å². The van der Waals surface area contributed by atoms with Crippen molar-refractivity contribution in [3.8, 4) is 5.75 Å². The Hall–Kier alpha value is -3.36. The fourth-order valence-corrected chi connectivity index (χ4v) is 2.95. The highest BCUT2D eigenvalue weighted by Gasteiger charge is 2.23. The number of piperazine rings is 1. The summed E-state index contributed by atoms with van der Waals surface area (Å²) in [6.45, 7) is 4.74. The third-order valence-corrected chi connectivity index (χ3v) is 4.58. The Balaban J connectivity index is 1.56. The Labute approximate surface area is 169 Å². The lowest BCUT2D eigenvalue weighted by molar-refractivity contribution is 0.0945. The number of aromatic nitrogens is 2. The Morgan fingerprint density at radius 3 is 2.48 bits per heavy atom. The van der Waals surface area contributed by atoms with Gasteiger partial charge in [0.2, 0.25) is 5.95 Å². The molecule has 0 atom stereocenters. The maximum Gasteiger partial charge on any atom is 0.409 e. The van der Waals surface area contributed by atoms with Crippen molar-refractivity contribution in [2.45, 2.75) is 13.5 Å². The van der Waals surface area contributed by atoms with Gasteiger partial charge in [-0.2, -0.15) is 0 Å². The molecule has 0 saturated carbocycles. The van der Waals surface area contributed by atoms with E-state index in [1.165, 1.54) is 0 Å². The van der Waals surface area contributed by atoms with Crippen LogP contribution in [0.15, 0.2) is 36.5 Å². The predicted molar refractivity (Wildman–Crippen MR) is 107 cm³/mol. The molecule has 29 heavy (non-hydrogen) atoms. The van der Waals surface area contributed by atoms with Crippen molar-refractivity contribution in [2.75, 3.05) is 44.8 Å². The van der Waals surface area contributed by atoms with Gasteiger partial charge in [0.15, 0.2) is 0 Å². The Kier molecular flexibility index (Phi) is 6.83. The average molecular weight is 399 g/mol. The van der Waals surface area contributed by atoms with Crippen LogP contribution in [0.3, 0.4) is 0 Å². The molecule has 1 aliphatic heterocycles. The van der Waals surface area contributed by atoms with Gasteiger partial charge in [0.1, 0.15) is 11.4 Å². The highest BCUT2D eigenvalue weighted by Crippen LogP contribution is 2.13. The summed E-state index contributed by atoms with van der Waals surface area (Å²) in [5.74, 6) is 0.976. The van der Waals surface area contributed by atoms with E-state index in [9.17, 15) is 9.59 Å². The van der Waals surface area contributed by atoms with Gasteiger partial charge in [-0.3, -0.25) is 4.79 Å². The van der Waals surface area contributed by atoms with E-state index in [0.29, 0.717) is 51.0 Å². The third kappa shape index (κ3) is 5.34. The first kappa shape index (κ1) is 20.4. The van der Waals surface area contributed by atoms with Gasteiger partial charge in [0.05, 0.1) is 13.7 Å². The van der Waals surface area contributed by atoms with Crippen LogP contribution in [0.1, 0.15) is 23.0 Å². The largest absolute Gasteiger partial charge is 0.497 e. The van der Waals surface area contributed by atoms with Gasteiger partial charge in [0, 0.05) is 38.9 Å². The topological polar surface area (TPSA) is 96.9 Å². The number of carbonyl (C=O) groups is 2. The van der Waals surface area contributed by atoms with Crippen LogP contribution in [0, 0.1) is 0 Å². The smallest absolute Gasteiger partial charge is 0.409 e. The molecule has 9 nitrogen and oxygen atoms in total. The van der Waals surface area contributed by atoms with Crippen molar-refractivity contribution < 1.29 is 19.1 Å². The van der Waals surface area contributed by atoms with E-state index in [1.54, 1.807) is 31.2 Å². The van der Waals surface area contributed by atoms with E-state index in [4.69, 9.17) is 9.47 Å². The molecule has 2 aromatic rings. The molecule has 1 N–H and O–H groups in total. The van der Waals surface area contributed by atoms with E-state index >= 15 is 0 Å². The summed E-state index contributed by atoms with van der Waals surface area (Å²) in [5.41, 5.74) is 1.26. The number of methoxy groups -OCH3 is 1. The van der Waals surface area contributed by atoms with Crippen molar-refractivity contribution in [2.24, 2.45) is 0 Å². The van der Waals surface area contributed by atoms with Gasteiger partial charge in [-0.05, 0) is 30.7 Å². The second-order valence-electron chi connectivity index (χ2n) is 6.45. The second kappa shape index (κ2) is 9.72. The first-order valence-corrected chi connectivity index (χ1v) is 9.51. The highest BCUT2D eigenvalue weighted by atomic mass is 16.6. The summed E-state index contributed by atoms with van der Waals surface area (Å²) in [6, 6.07) is 9.07. The van der Waals surface area contributed by atoms with E-state index in [1.807, 2.05) is 29.2 Å². The van der Waals surface area contributed by atoms with Crippen LogP contribution in [0.25, 0.3) is 0 Å². The van der Waals surface area contributed by atoms with Crippen LogP contribution >= 0.6 is 0 Å². The molecule has 2 amide bonds. The number of carbonyl (C=O) groups excluding carboxylic acids is 2. The van der Waals surface area contributed by atoms with Crippen molar-refractivity contribution in [3.05, 3.63) is 47.8 Å². The maximum absolute atomic E-state index is 12.5. The van der Waals surface area contributed by atoms with Gasteiger partial charge >= 0.3 is 6.09 Å². The van der Waals surface area contributed by atoms with Crippen LogP contribution in [-0.2, 0) is 11.3 Å². The lowest BCUT2D eigenvalue weighted by Gasteiger charge is -2.34. The lowest BCUT2D eigenvalue weighted by atomic mass is 10.2. The molecule has 1 aromatic heterocycles. The highest BCUT2D eigenvalue weighted by molar-refractivity contribution is 5.92. The minimum absolute atomic E-state index is 0.269. The zero-order chi connectivity index (χ0) is 20.6. The number of benzene rings is 1. The normalized spacial score (nSPS) is 13.7. The van der Waals surface area contributed by atoms with Crippen LogP contribution < -0.4 is 15.0 Å². The van der Waals surface area contributed by atoms with Gasteiger partial charge in [-0.25, -0.2) is 14.8 Å². The molecule has 0 spiro atoms. The Morgan fingerprint density at radius 2 is 1.83 bits per heavy atom. The fraction of sp³-hybridized carbons (Fsp3) is 0.400. The fourth-order valence-electron chi connectivity index (χ4n) is 2.95. The first-order chi connectivity index (χ1) is 14.1. The van der Waals surface area contributed by atoms with E-state index in [2.05, 4.69) is 15.3 Å². The quantitative estimate of drug-likeness (QED) is 0.789. The van der Waals surface area contributed by atoms with Gasteiger partial charge in [0.25, 0.3) is 5.91 Å². The van der Waals surface area contributed by atoms with E-state index in [-0.39, 0.29) is 12.0 Å². The van der Waals surface area contributed by atoms with Gasteiger partial charge in [-0.1, -0.05) is 12.1 Å². The number of amides is 2.